The van der Waals surface area contributed by atoms with Crippen molar-refractivity contribution in [2.75, 3.05) is 18.4 Å². The Kier molecular flexibility index (Phi) is 4.69. The number of urea groups is 2. The van der Waals surface area contributed by atoms with Crippen molar-refractivity contribution in [1.82, 2.24) is 25.7 Å². The van der Waals surface area contributed by atoms with Crippen LogP contribution in [0.15, 0.2) is 28.9 Å². The van der Waals surface area contributed by atoms with Gasteiger partial charge in [0.15, 0.2) is 11.3 Å². The van der Waals surface area contributed by atoms with Crippen LogP contribution in [-0.4, -0.2) is 46.1 Å². The van der Waals surface area contributed by atoms with Gasteiger partial charge >= 0.3 is 12.1 Å². The monoisotopic (exact) mass is 398 g/mol. The van der Waals surface area contributed by atoms with Crippen LogP contribution in [0, 0.1) is 19.8 Å². The fourth-order valence-electron chi connectivity index (χ4n) is 4.10. The first-order valence-electron chi connectivity index (χ1n) is 9.45. The first-order valence-corrected chi connectivity index (χ1v) is 9.45. The molecular formula is C19H22N6O4. The van der Waals surface area contributed by atoms with Crippen molar-refractivity contribution in [3.8, 4) is 0 Å². The Morgan fingerprint density at radius 2 is 2.03 bits per heavy atom. The van der Waals surface area contributed by atoms with Crippen molar-refractivity contribution in [1.29, 1.82) is 0 Å². The zero-order chi connectivity index (χ0) is 20.6. The summed E-state index contributed by atoms with van der Waals surface area (Å²) < 4.78 is 5.08. The summed E-state index contributed by atoms with van der Waals surface area (Å²) in [5.41, 5.74) is 0.472. The molecule has 2 aromatic rings. The van der Waals surface area contributed by atoms with Crippen molar-refractivity contribution >= 4 is 23.7 Å². The average molecular weight is 398 g/mol. The first-order chi connectivity index (χ1) is 13.9. The van der Waals surface area contributed by atoms with Gasteiger partial charge in [0.2, 0.25) is 0 Å². The highest BCUT2D eigenvalue weighted by atomic mass is 16.5. The molecule has 5 amide bonds. The number of carbonyl (C=O) groups excluding carboxylic acids is 3. The molecule has 1 atom stereocenters. The summed E-state index contributed by atoms with van der Waals surface area (Å²) in [5.74, 6) is -0.0445. The largest absolute Gasteiger partial charge is 0.359 e. The molecule has 3 N–H and O–H groups in total. The minimum atomic E-state index is -1.22. The minimum absolute atomic E-state index is 0.188. The Hall–Kier alpha value is -3.43. The van der Waals surface area contributed by atoms with Crippen LogP contribution in [0.4, 0.5) is 15.3 Å². The number of aryl methyl sites for hydroxylation is 2. The Labute approximate surface area is 167 Å². The lowest BCUT2D eigenvalue weighted by Crippen LogP contribution is -2.54. The summed E-state index contributed by atoms with van der Waals surface area (Å²) >= 11 is 0. The predicted molar refractivity (Wildman–Crippen MR) is 102 cm³/mol. The average Bonchev–Trinajstić information content (AvgIpc) is 3.21. The maximum absolute atomic E-state index is 12.8. The van der Waals surface area contributed by atoms with Crippen molar-refractivity contribution in [2.45, 2.75) is 32.2 Å². The number of carbonyl (C=O) groups is 3. The third kappa shape index (κ3) is 3.20. The molecule has 0 bridgehead atoms. The van der Waals surface area contributed by atoms with E-state index in [0.29, 0.717) is 48.8 Å². The van der Waals surface area contributed by atoms with Gasteiger partial charge in [0.1, 0.15) is 11.4 Å². The molecule has 2 aliphatic heterocycles. The zero-order valence-corrected chi connectivity index (χ0v) is 16.2. The predicted octanol–water partition coefficient (Wildman–Crippen LogP) is 1.67. The Balaban J connectivity index is 1.50. The molecule has 2 fully saturated rings. The fourth-order valence-corrected chi connectivity index (χ4v) is 4.10. The summed E-state index contributed by atoms with van der Waals surface area (Å²) in [6.45, 7) is 4.38. The van der Waals surface area contributed by atoms with Gasteiger partial charge in [-0.05, 0) is 38.8 Å². The molecule has 2 aliphatic rings. The van der Waals surface area contributed by atoms with Gasteiger partial charge in [-0.15, -0.1) is 0 Å². The second-order valence-electron chi connectivity index (χ2n) is 7.32. The number of anilines is 1. The van der Waals surface area contributed by atoms with Gasteiger partial charge in [0.25, 0.3) is 5.91 Å². The number of piperidine rings is 1. The van der Waals surface area contributed by atoms with Crippen molar-refractivity contribution in [2.24, 2.45) is 5.92 Å². The molecule has 0 aromatic carbocycles. The molecule has 0 spiro atoms. The van der Waals surface area contributed by atoms with E-state index in [2.05, 4.69) is 26.1 Å². The molecule has 4 rings (SSSR count). The topological polar surface area (TPSA) is 129 Å². The van der Waals surface area contributed by atoms with Crippen LogP contribution in [0.1, 0.15) is 30.0 Å². The summed E-state index contributed by atoms with van der Waals surface area (Å²) in [7, 11) is 0. The smallest absolute Gasteiger partial charge is 0.322 e. The van der Waals surface area contributed by atoms with Gasteiger partial charge in [-0.3, -0.25) is 15.1 Å². The number of nitrogens with one attached hydrogen (secondary N) is 3. The summed E-state index contributed by atoms with van der Waals surface area (Å²) in [5, 5.41) is 11.8. The van der Waals surface area contributed by atoms with Crippen LogP contribution >= 0.6 is 0 Å². The van der Waals surface area contributed by atoms with Crippen LogP contribution in [0.5, 0.6) is 0 Å². The van der Waals surface area contributed by atoms with E-state index < -0.39 is 17.5 Å². The molecule has 10 heteroatoms. The summed E-state index contributed by atoms with van der Waals surface area (Å²) in [4.78, 5) is 43.4. The maximum atomic E-state index is 12.8. The fraction of sp³-hybridized carbons (Fsp3) is 0.421. The van der Waals surface area contributed by atoms with E-state index in [4.69, 9.17) is 4.52 Å². The normalized spacial score (nSPS) is 22.3. The Bertz CT molecular complexity index is 931. The molecule has 0 aliphatic carbocycles. The number of likely N-dealkylation sites (tertiary alicyclic amines) is 1. The SMILES string of the molecule is Cc1noc(C)c1NC(=O)N1CCC([C@@]2(c3ccccn3)NC(=O)NC2=O)CC1. The molecule has 0 radical (unpaired) electrons. The van der Waals surface area contributed by atoms with Crippen LogP contribution in [0.25, 0.3) is 0 Å². The van der Waals surface area contributed by atoms with Crippen molar-refractivity contribution < 1.29 is 18.9 Å². The van der Waals surface area contributed by atoms with Crippen LogP contribution in [-0.2, 0) is 10.3 Å². The van der Waals surface area contributed by atoms with E-state index in [1.807, 2.05) is 0 Å². The molecule has 10 nitrogen and oxygen atoms in total. The lowest BCUT2D eigenvalue weighted by molar-refractivity contribution is -0.127. The summed E-state index contributed by atoms with van der Waals surface area (Å²) in [6, 6.07) is 4.51. The molecule has 0 saturated carbocycles. The highest BCUT2D eigenvalue weighted by Crippen LogP contribution is 2.38. The Morgan fingerprint density at radius 3 is 2.59 bits per heavy atom. The number of nitrogens with zero attached hydrogens (tertiary/aromatic N) is 3. The van der Waals surface area contributed by atoms with Gasteiger partial charge < -0.3 is 20.1 Å². The zero-order valence-electron chi connectivity index (χ0n) is 16.2. The molecule has 29 heavy (non-hydrogen) atoms. The van der Waals surface area contributed by atoms with E-state index >= 15 is 0 Å². The van der Waals surface area contributed by atoms with Crippen LogP contribution in [0.2, 0.25) is 0 Å². The van der Waals surface area contributed by atoms with Crippen LogP contribution in [0.3, 0.4) is 0 Å². The van der Waals surface area contributed by atoms with Crippen molar-refractivity contribution in [3.05, 3.63) is 41.5 Å². The molecule has 0 unspecified atom stereocenters. The molecular weight excluding hydrogens is 376 g/mol. The first kappa shape index (κ1) is 18.9. The number of amides is 5. The maximum Gasteiger partial charge on any atom is 0.322 e. The van der Waals surface area contributed by atoms with E-state index in [0.717, 1.165) is 0 Å². The van der Waals surface area contributed by atoms with Gasteiger partial charge in [-0.25, -0.2) is 9.59 Å². The molecule has 4 heterocycles. The second kappa shape index (κ2) is 7.19. The Morgan fingerprint density at radius 1 is 1.28 bits per heavy atom. The van der Waals surface area contributed by atoms with E-state index in [1.54, 1.807) is 43.1 Å². The third-order valence-corrected chi connectivity index (χ3v) is 5.62. The quantitative estimate of drug-likeness (QED) is 0.675. The van der Waals surface area contributed by atoms with Gasteiger partial charge in [0, 0.05) is 25.2 Å². The minimum Gasteiger partial charge on any atom is -0.359 e. The van der Waals surface area contributed by atoms with Gasteiger partial charge in [0.05, 0.1) is 5.69 Å². The highest BCUT2D eigenvalue weighted by molar-refractivity contribution is 6.07. The highest BCUT2D eigenvalue weighted by Gasteiger charge is 2.54. The number of rotatable bonds is 3. The van der Waals surface area contributed by atoms with E-state index in [-0.39, 0.29) is 11.9 Å². The lowest BCUT2D eigenvalue weighted by atomic mass is 9.75. The standard InChI is InChI=1S/C19H22N6O4/c1-11-15(12(2)29-24-11)21-18(28)25-9-6-13(7-10-25)19(14-5-3-4-8-20-14)16(26)22-17(27)23-19/h3-5,8,13H,6-7,9-10H2,1-2H3,(H,21,28)(H2,22,23,26,27)/t19-/m0/s1. The van der Waals surface area contributed by atoms with Crippen molar-refractivity contribution in [3.63, 3.8) is 0 Å². The molecule has 152 valence electrons. The van der Waals surface area contributed by atoms with E-state index in [9.17, 15) is 14.4 Å². The number of imide groups is 1. The second-order valence-corrected chi connectivity index (χ2v) is 7.32. The van der Waals surface area contributed by atoms with Crippen LogP contribution < -0.4 is 16.0 Å². The number of pyridine rings is 1. The number of hydrogen-bond donors (Lipinski definition) is 3. The summed E-state index contributed by atoms with van der Waals surface area (Å²) in [6.07, 6.45) is 2.68. The molecule has 2 aromatic heterocycles. The molecule has 2 saturated heterocycles. The lowest BCUT2D eigenvalue weighted by Gasteiger charge is -2.40. The third-order valence-electron chi connectivity index (χ3n) is 5.62. The van der Waals surface area contributed by atoms with Gasteiger partial charge in [-0.1, -0.05) is 11.2 Å². The van der Waals surface area contributed by atoms with E-state index in [1.165, 1.54) is 0 Å². The number of hydrogen-bond acceptors (Lipinski definition) is 6. The number of aromatic nitrogens is 2. The van der Waals surface area contributed by atoms with Gasteiger partial charge in [-0.2, -0.15) is 0 Å².